The summed E-state index contributed by atoms with van der Waals surface area (Å²) in [7, 11) is 0. The van der Waals surface area contributed by atoms with E-state index in [0.717, 1.165) is 42.7 Å². The zero-order chi connectivity index (χ0) is 25.1. The molecule has 1 atom stereocenters. The third-order valence-electron chi connectivity index (χ3n) is 7.53. The zero-order valence-corrected chi connectivity index (χ0v) is 21.2. The van der Waals surface area contributed by atoms with Gasteiger partial charge in [-0.05, 0) is 68.7 Å². The first kappa shape index (κ1) is 24.2. The number of hydrogen-bond donors (Lipinski definition) is 1. The fourth-order valence-corrected chi connectivity index (χ4v) is 5.47. The molecule has 7 heteroatoms. The first-order valence-electron chi connectivity index (χ1n) is 13.1. The molecule has 1 aliphatic heterocycles. The summed E-state index contributed by atoms with van der Waals surface area (Å²) >= 11 is 0. The van der Waals surface area contributed by atoms with Gasteiger partial charge in [-0.1, -0.05) is 37.8 Å². The minimum atomic E-state index is -1.06. The Morgan fingerprint density at radius 2 is 1.78 bits per heavy atom. The number of rotatable bonds is 7. The average molecular weight is 490 g/mol. The highest BCUT2D eigenvalue weighted by atomic mass is 16.5. The summed E-state index contributed by atoms with van der Waals surface area (Å²) in [5.41, 5.74) is 1.26. The Morgan fingerprint density at radius 1 is 1.06 bits per heavy atom. The number of ether oxygens (including phenoxy) is 1. The topological polar surface area (TPSA) is 76.7 Å². The Labute approximate surface area is 212 Å². The molecule has 1 fully saturated rings. The van der Waals surface area contributed by atoms with Crippen molar-refractivity contribution in [1.82, 2.24) is 14.8 Å². The Kier molecular flexibility index (Phi) is 6.90. The number of carbonyl (C=O) groups excluding carboxylic acids is 2. The molecule has 1 N–H and O–H groups in total. The standard InChI is InChI=1S/C29H35N3O4/c1-3-35-23-14-12-21(13-15-23)19-32-27(33)25-17-16-24(26-11-8-18-36-26)31(25)20-29(32,2)28(34)30-22-9-6-4-5-7-10-22/h8,11-18,22H,3-7,9-10,19-20H2,1-2H3,(H,30,34)/t29-/m0/s1. The molecule has 1 saturated carbocycles. The quantitative estimate of drug-likeness (QED) is 0.451. The van der Waals surface area contributed by atoms with E-state index in [0.29, 0.717) is 31.2 Å². The van der Waals surface area contributed by atoms with Crippen LogP contribution in [0.5, 0.6) is 5.75 Å². The Hall–Kier alpha value is -3.48. The van der Waals surface area contributed by atoms with Crippen LogP contribution in [0.2, 0.25) is 0 Å². The van der Waals surface area contributed by atoms with E-state index in [1.54, 1.807) is 11.2 Å². The number of benzene rings is 1. The first-order chi connectivity index (χ1) is 17.5. The molecule has 1 aromatic carbocycles. The highest BCUT2D eigenvalue weighted by molar-refractivity contribution is 6.00. The highest BCUT2D eigenvalue weighted by Gasteiger charge is 2.48. The molecule has 5 rings (SSSR count). The largest absolute Gasteiger partial charge is 0.494 e. The fourth-order valence-electron chi connectivity index (χ4n) is 5.47. The molecule has 0 spiro atoms. The summed E-state index contributed by atoms with van der Waals surface area (Å²) in [6.07, 6.45) is 8.27. The van der Waals surface area contributed by atoms with Crippen molar-refractivity contribution in [2.75, 3.05) is 6.61 Å². The third-order valence-corrected chi connectivity index (χ3v) is 7.53. The van der Waals surface area contributed by atoms with Crippen molar-refractivity contribution in [2.24, 2.45) is 0 Å². The lowest BCUT2D eigenvalue weighted by molar-refractivity contribution is -0.134. The molecule has 190 valence electrons. The molecule has 36 heavy (non-hydrogen) atoms. The van der Waals surface area contributed by atoms with E-state index >= 15 is 0 Å². The van der Waals surface area contributed by atoms with Crippen molar-refractivity contribution >= 4 is 11.8 Å². The minimum absolute atomic E-state index is 0.0987. The molecular weight excluding hydrogens is 454 g/mol. The van der Waals surface area contributed by atoms with Gasteiger partial charge in [0.2, 0.25) is 5.91 Å². The van der Waals surface area contributed by atoms with Crippen LogP contribution in [0.1, 0.15) is 68.4 Å². The van der Waals surface area contributed by atoms with Gasteiger partial charge in [-0.2, -0.15) is 0 Å². The van der Waals surface area contributed by atoms with E-state index < -0.39 is 5.54 Å². The SMILES string of the molecule is CCOc1ccc(CN2C(=O)c3ccc(-c4ccco4)n3C[C@@]2(C)C(=O)NC2CCCCCC2)cc1. The molecule has 0 unspecified atom stereocenters. The third kappa shape index (κ3) is 4.66. The van der Waals surface area contributed by atoms with Crippen molar-refractivity contribution in [3.8, 4) is 17.2 Å². The number of nitrogens with zero attached hydrogens (tertiary/aromatic N) is 2. The maximum absolute atomic E-state index is 14.0. The molecule has 7 nitrogen and oxygen atoms in total. The molecule has 0 bridgehead atoms. The lowest BCUT2D eigenvalue weighted by atomic mass is 9.92. The monoisotopic (exact) mass is 489 g/mol. The number of nitrogens with one attached hydrogen (secondary N) is 1. The van der Waals surface area contributed by atoms with E-state index in [2.05, 4.69) is 5.32 Å². The normalized spacial score (nSPS) is 20.6. The van der Waals surface area contributed by atoms with Gasteiger partial charge in [0.1, 0.15) is 22.7 Å². The van der Waals surface area contributed by atoms with Crippen LogP contribution < -0.4 is 10.1 Å². The van der Waals surface area contributed by atoms with Gasteiger partial charge in [-0.3, -0.25) is 9.59 Å². The van der Waals surface area contributed by atoms with Gasteiger partial charge in [-0.25, -0.2) is 0 Å². The van der Waals surface area contributed by atoms with Crippen LogP contribution in [0.4, 0.5) is 0 Å². The van der Waals surface area contributed by atoms with Crippen molar-refractivity contribution in [2.45, 2.75) is 77.0 Å². The van der Waals surface area contributed by atoms with E-state index in [1.165, 1.54) is 12.8 Å². The predicted octanol–water partition coefficient (Wildman–Crippen LogP) is 5.40. The number of furan rings is 1. The molecule has 0 radical (unpaired) electrons. The summed E-state index contributed by atoms with van der Waals surface area (Å²) in [5, 5.41) is 3.32. The van der Waals surface area contributed by atoms with E-state index in [9.17, 15) is 9.59 Å². The predicted molar refractivity (Wildman–Crippen MR) is 138 cm³/mol. The van der Waals surface area contributed by atoms with Gasteiger partial charge in [0.25, 0.3) is 5.91 Å². The van der Waals surface area contributed by atoms with Crippen LogP contribution >= 0.6 is 0 Å². The number of aromatic nitrogens is 1. The number of carbonyl (C=O) groups is 2. The fraction of sp³-hybridized carbons (Fsp3) is 0.448. The smallest absolute Gasteiger partial charge is 0.271 e. The van der Waals surface area contributed by atoms with Gasteiger partial charge >= 0.3 is 0 Å². The highest BCUT2D eigenvalue weighted by Crippen LogP contribution is 2.35. The summed E-state index contributed by atoms with van der Waals surface area (Å²) in [5.74, 6) is 1.21. The maximum atomic E-state index is 14.0. The van der Waals surface area contributed by atoms with Crippen LogP contribution in [0.3, 0.4) is 0 Å². The molecule has 2 aliphatic rings. The lowest BCUT2D eigenvalue weighted by Gasteiger charge is -2.45. The summed E-state index contributed by atoms with van der Waals surface area (Å²) in [6.45, 7) is 5.12. The average Bonchev–Trinajstić information content (AvgIpc) is 3.48. The van der Waals surface area contributed by atoms with Crippen LogP contribution in [0.15, 0.2) is 59.2 Å². The molecule has 3 heterocycles. The van der Waals surface area contributed by atoms with E-state index in [-0.39, 0.29) is 17.9 Å². The van der Waals surface area contributed by atoms with Gasteiger partial charge in [0, 0.05) is 12.6 Å². The molecule has 1 aliphatic carbocycles. The van der Waals surface area contributed by atoms with Gasteiger partial charge < -0.3 is 23.9 Å². The second-order valence-corrected chi connectivity index (χ2v) is 10.1. The minimum Gasteiger partial charge on any atom is -0.494 e. The van der Waals surface area contributed by atoms with Crippen LogP contribution in [-0.2, 0) is 17.9 Å². The Morgan fingerprint density at radius 3 is 2.44 bits per heavy atom. The van der Waals surface area contributed by atoms with Crippen LogP contribution in [0.25, 0.3) is 11.5 Å². The Bertz CT molecular complexity index is 1190. The zero-order valence-electron chi connectivity index (χ0n) is 21.2. The summed E-state index contributed by atoms with van der Waals surface area (Å²) in [6, 6.07) is 15.3. The second kappa shape index (κ2) is 10.2. The molecule has 2 amide bonds. The molecular formula is C29H35N3O4. The van der Waals surface area contributed by atoms with Crippen molar-refractivity contribution in [3.05, 3.63) is 66.1 Å². The van der Waals surface area contributed by atoms with E-state index in [4.69, 9.17) is 9.15 Å². The van der Waals surface area contributed by atoms with Crippen LogP contribution in [-0.4, -0.2) is 39.5 Å². The van der Waals surface area contributed by atoms with Crippen LogP contribution in [0, 0.1) is 0 Å². The number of amides is 2. The van der Waals surface area contributed by atoms with Crippen molar-refractivity contribution in [3.63, 3.8) is 0 Å². The molecule has 2 aromatic heterocycles. The maximum Gasteiger partial charge on any atom is 0.271 e. The lowest BCUT2D eigenvalue weighted by Crippen LogP contribution is -2.64. The first-order valence-corrected chi connectivity index (χ1v) is 13.1. The number of hydrogen-bond acceptors (Lipinski definition) is 4. The summed E-state index contributed by atoms with van der Waals surface area (Å²) in [4.78, 5) is 29.6. The molecule has 0 saturated heterocycles. The number of fused-ring (bicyclic) bond motifs is 1. The van der Waals surface area contributed by atoms with Crippen molar-refractivity contribution < 1.29 is 18.7 Å². The van der Waals surface area contributed by atoms with Gasteiger partial charge in [0.05, 0.1) is 25.1 Å². The Balaban J connectivity index is 1.48. The molecule has 3 aromatic rings. The second-order valence-electron chi connectivity index (χ2n) is 10.1. The van der Waals surface area contributed by atoms with Gasteiger partial charge in [0.15, 0.2) is 0 Å². The van der Waals surface area contributed by atoms with Gasteiger partial charge in [-0.15, -0.1) is 0 Å². The summed E-state index contributed by atoms with van der Waals surface area (Å²) < 4.78 is 13.1. The van der Waals surface area contributed by atoms with E-state index in [1.807, 2.05) is 66.9 Å². The van der Waals surface area contributed by atoms with Crippen molar-refractivity contribution in [1.29, 1.82) is 0 Å².